The van der Waals surface area contributed by atoms with Crippen molar-refractivity contribution in [2.24, 2.45) is 23.7 Å². The molecule has 0 aromatic heterocycles. The van der Waals surface area contributed by atoms with Gasteiger partial charge in [0.25, 0.3) is 0 Å². The van der Waals surface area contributed by atoms with Crippen molar-refractivity contribution in [1.82, 2.24) is 0 Å². The van der Waals surface area contributed by atoms with Gasteiger partial charge in [-0.2, -0.15) is 0 Å². The van der Waals surface area contributed by atoms with E-state index in [1.165, 1.54) is 44.8 Å². The lowest BCUT2D eigenvalue weighted by molar-refractivity contribution is -0.123. The van der Waals surface area contributed by atoms with Crippen LogP contribution in [-0.4, -0.2) is 37.8 Å². The summed E-state index contributed by atoms with van der Waals surface area (Å²) in [5, 5.41) is 0. The second-order valence-electron chi connectivity index (χ2n) is 12.2. The molecule has 4 fully saturated rings. The predicted molar refractivity (Wildman–Crippen MR) is 166 cm³/mol. The van der Waals surface area contributed by atoms with Crippen LogP contribution >= 0.6 is 0 Å². The third-order valence-corrected chi connectivity index (χ3v) is 9.52. The van der Waals surface area contributed by atoms with E-state index in [0.29, 0.717) is 51.7 Å². The molecule has 1 aromatic carbocycles. The standard InChI is InChI=1S/C8H10O2S.C8H14O.C7H12O.C6H10O.C5H8O/c1-7-3-5-8(6-4-7)11(2,9)10;1-7(9)8-5-3-2-4-6-8;1-6(8)7-4-2-3-5-7;1-5(7)6-3-2-4-6;1-4(6)5-2-3-5/h3-6H,1-2H3;8H,2-6H2,1H3;7H,2-5H2,1H3;6H,2-4H2,1H3;5H,2-3H2,1H3. The Morgan fingerprint density at radius 1 is 0.512 bits per heavy atom. The molecule has 4 saturated carbocycles. The van der Waals surface area contributed by atoms with Crippen LogP contribution in [0.2, 0.25) is 0 Å². The summed E-state index contributed by atoms with van der Waals surface area (Å²) in [6.07, 6.45) is 18.1. The highest BCUT2D eigenvalue weighted by Crippen LogP contribution is 2.29. The third-order valence-electron chi connectivity index (χ3n) is 8.39. The number of hydrogen-bond donors (Lipinski definition) is 0. The lowest BCUT2D eigenvalue weighted by Crippen LogP contribution is -2.18. The Labute approximate surface area is 249 Å². The average Bonchev–Trinajstić information content (AvgIpc) is 3.59. The number of benzene rings is 1. The second-order valence-corrected chi connectivity index (χ2v) is 14.3. The third kappa shape index (κ3) is 16.8. The molecule has 0 bridgehead atoms. The van der Waals surface area contributed by atoms with E-state index in [-0.39, 0.29) is 0 Å². The first kappa shape index (κ1) is 36.9. The molecular weight excluding hydrogens is 536 g/mol. The molecule has 0 N–H and O–H groups in total. The number of Topliss-reactive ketones (excluding diaryl/α,β-unsaturated/α-hetero) is 4. The van der Waals surface area contributed by atoms with E-state index in [0.717, 1.165) is 56.9 Å². The molecule has 0 amide bonds. The van der Waals surface area contributed by atoms with Crippen molar-refractivity contribution in [2.75, 3.05) is 6.26 Å². The maximum Gasteiger partial charge on any atom is 0.175 e. The summed E-state index contributed by atoms with van der Waals surface area (Å²) in [7, 11) is -3.02. The van der Waals surface area contributed by atoms with Crippen LogP contribution in [0.3, 0.4) is 0 Å². The number of carbonyl (C=O) groups is 4. The lowest BCUT2D eigenvalue weighted by Gasteiger charge is -2.21. The number of carbonyl (C=O) groups excluding carboxylic acids is 4. The topological polar surface area (TPSA) is 102 Å². The van der Waals surface area contributed by atoms with Crippen LogP contribution in [0.1, 0.15) is 123 Å². The Morgan fingerprint density at radius 3 is 1.00 bits per heavy atom. The van der Waals surface area contributed by atoms with Gasteiger partial charge in [0.1, 0.15) is 23.1 Å². The maximum atomic E-state index is 10.9. The van der Waals surface area contributed by atoms with Crippen LogP contribution in [0.25, 0.3) is 0 Å². The minimum Gasteiger partial charge on any atom is -0.300 e. The van der Waals surface area contributed by atoms with E-state index in [1.807, 2.05) is 6.92 Å². The minimum atomic E-state index is -3.02. The summed E-state index contributed by atoms with van der Waals surface area (Å²) >= 11 is 0. The van der Waals surface area contributed by atoms with Gasteiger partial charge in [-0.1, -0.05) is 56.2 Å². The largest absolute Gasteiger partial charge is 0.300 e. The molecule has 5 rings (SSSR count). The number of aryl methyl sites for hydroxylation is 1. The second kappa shape index (κ2) is 19.1. The van der Waals surface area contributed by atoms with Crippen LogP contribution in [0.15, 0.2) is 29.2 Å². The van der Waals surface area contributed by atoms with Gasteiger partial charge in [-0.25, -0.2) is 8.42 Å². The molecular formula is C34H54O6S. The average molecular weight is 591 g/mol. The number of sulfone groups is 1. The Kier molecular flexibility index (Phi) is 17.2. The lowest BCUT2D eigenvalue weighted by atomic mass is 9.83. The van der Waals surface area contributed by atoms with Crippen molar-refractivity contribution in [2.45, 2.75) is 129 Å². The maximum absolute atomic E-state index is 10.9. The summed E-state index contributed by atoms with van der Waals surface area (Å²) in [6, 6.07) is 6.81. The zero-order valence-corrected chi connectivity index (χ0v) is 27.2. The molecule has 232 valence electrons. The molecule has 41 heavy (non-hydrogen) atoms. The van der Waals surface area contributed by atoms with Crippen molar-refractivity contribution in [1.29, 1.82) is 0 Å². The monoisotopic (exact) mass is 590 g/mol. The molecule has 0 spiro atoms. The number of hydrogen-bond acceptors (Lipinski definition) is 6. The Hall–Kier alpha value is -2.15. The van der Waals surface area contributed by atoms with Gasteiger partial charge in [0, 0.05) is 29.9 Å². The highest BCUT2D eigenvalue weighted by atomic mass is 32.2. The van der Waals surface area contributed by atoms with Crippen LogP contribution in [-0.2, 0) is 29.0 Å². The molecule has 0 unspecified atom stereocenters. The highest BCUT2D eigenvalue weighted by Gasteiger charge is 2.25. The van der Waals surface area contributed by atoms with E-state index >= 15 is 0 Å². The molecule has 0 saturated heterocycles. The minimum absolute atomic E-state index is 0.370. The van der Waals surface area contributed by atoms with Gasteiger partial charge in [0.05, 0.1) is 4.90 Å². The van der Waals surface area contributed by atoms with E-state index in [1.54, 1.807) is 52.0 Å². The van der Waals surface area contributed by atoms with Crippen molar-refractivity contribution in [3.05, 3.63) is 29.8 Å². The summed E-state index contributed by atoms with van der Waals surface area (Å²) in [5.74, 6) is 3.29. The summed E-state index contributed by atoms with van der Waals surface area (Å²) in [4.78, 5) is 42.5. The molecule has 0 radical (unpaired) electrons. The molecule has 1 aromatic rings. The number of rotatable bonds is 5. The fourth-order valence-corrected chi connectivity index (χ4v) is 5.56. The first-order valence-electron chi connectivity index (χ1n) is 15.5. The van der Waals surface area contributed by atoms with Gasteiger partial charge >= 0.3 is 0 Å². The Bertz CT molecular complexity index is 1050. The Balaban J connectivity index is 0.000000260. The van der Waals surface area contributed by atoms with Gasteiger partial charge in [0.2, 0.25) is 0 Å². The Morgan fingerprint density at radius 2 is 0.805 bits per heavy atom. The summed E-state index contributed by atoms with van der Waals surface area (Å²) < 4.78 is 21.9. The van der Waals surface area contributed by atoms with Gasteiger partial charge in [-0.3, -0.25) is 19.2 Å². The van der Waals surface area contributed by atoms with Gasteiger partial charge in [-0.05, 0) is 98.1 Å². The molecule has 4 aliphatic rings. The van der Waals surface area contributed by atoms with E-state index < -0.39 is 9.84 Å². The van der Waals surface area contributed by atoms with Gasteiger partial charge in [0.15, 0.2) is 9.84 Å². The predicted octanol–water partition coefficient (Wildman–Crippen LogP) is 7.68. The van der Waals surface area contributed by atoms with Gasteiger partial charge in [-0.15, -0.1) is 0 Å². The first-order valence-corrected chi connectivity index (χ1v) is 17.4. The number of ketones is 4. The summed E-state index contributed by atoms with van der Waals surface area (Å²) in [5.41, 5.74) is 1.07. The fourth-order valence-electron chi connectivity index (χ4n) is 4.93. The first-order chi connectivity index (χ1) is 19.2. The SMILES string of the molecule is CC(=O)C1CC1.CC(=O)C1CCC1.CC(=O)C1CCCC1.CC(=O)C1CCCCC1.Cc1ccc(S(C)(=O)=O)cc1. The van der Waals surface area contributed by atoms with E-state index in [9.17, 15) is 27.6 Å². The van der Waals surface area contributed by atoms with Crippen molar-refractivity contribution < 1.29 is 27.6 Å². The van der Waals surface area contributed by atoms with Crippen molar-refractivity contribution >= 4 is 33.0 Å². The van der Waals surface area contributed by atoms with Gasteiger partial charge < -0.3 is 0 Å². The van der Waals surface area contributed by atoms with E-state index in [4.69, 9.17) is 0 Å². The smallest absolute Gasteiger partial charge is 0.175 e. The highest BCUT2D eigenvalue weighted by molar-refractivity contribution is 7.90. The molecule has 0 heterocycles. The molecule has 0 aliphatic heterocycles. The molecule has 0 atom stereocenters. The zero-order valence-electron chi connectivity index (χ0n) is 26.4. The fraction of sp³-hybridized carbons (Fsp3) is 0.706. The normalized spacial score (nSPS) is 18.8. The van der Waals surface area contributed by atoms with Crippen molar-refractivity contribution in [3.8, 4) is 0 Å². The quantitative estimate of drug-likeness (QED) is 0.348. The van der Waals surface area contributed by atoms with E-state index in [2.05, 4.69) is 0 Å². The van der Waals surface area contributed by atoms with Crippen LogP contribution in [0.4, 0.5) is 0 Å². The molecule has 4 aliphatic carbocycles. The van der Waals surface area contributed by atoms with Crippen molar-refractivity contribution in [3.63, 3.8) is 0 Å². The summed E-state index contributed by atoms with van der Waals surface area (Å²) in [6.45, 7) is 8.69. The van der Waals surface area contributed by atoms with Crippen LogP contribution in [0.5, 0.6) is 0 Å². The molecule has 6 nitrogen and oxygen atoms in total. The zero-order chi connectivity index (χ0) is 31.0. The van der Waals surface area contributed by atoms with Crippen LogP contribution in [0, 0.1) is 30.6 Å². The molecule has 7 heteroatoms. The van der Waals surface area contributed by atoms with Crippen LogP contribution < -0.4 is 0 Å².